The lowest BCUT2D eigenvalue weighted by Crippen LogP contribution is -1.89. The number of nitro groups is 1. The minimum Gasteiger partial charge on any atom is -0.258 e. The Labute approximate surface area is 85.4 Å². The average molecular weight is 206 g/mol. The first-order valence-corrected chi connectivity index (χ1v) is 4.12. The minimum atomic E-state index is -0.666. The highest BCUT2D eigenvalue weighted by molar-refractivity contribution is 5.53. The van der Waals surface area contributed by atoms with Crippen molar-refractivity contribution in [2.24, 2.45) is 0 Å². The van der Waals surface area contributed by atoms with Gasteiger partial charge in [0.25, 0.3) is 5.69 Å². The summed E-state index contributed by atoms with van der Waals surface area (Å²) in [5.41, 5.74) is 0.0727. The van der Waals surface area contributed by atoms with Crippen LogP contribution in [0.3, 0.4) is 0 Å². The normalized spacial score (nSPS) is 10.1. The molecule has 0 atom stereocenters. The molecule has 0 N–H and O–H groups in total. The van der Waals surface area contributed by atoms with Crippen LogP contribution in [0.4, 0.5) is 10.1 Å². The van der Waals surface area contributed by atoms with Gasteiger partial charge in [0.15, 0.2) is 0 Å². The number of nitro benzene ring substituents is 1. The monoisotopic (exact) mass is 206 g/mol. The molecular formula is C10H7FN2O2. The van der Waals surface area contributed by atoms with Gasteiger partial charge in [-0.05, 0) is 11.6 Å². The van der Waals surface area contributed by atoms with E-state index in [1.807, 2.05) is 6.07 Å². The third kappa shape index (κ3) is 3.19. The van der Waals surface area contributed by atoms with Crippen molar-refractivity contribution in [1.82, 2.24) is 0 Å². The maximum absolute atomic E-state index is 12.9. The number of nitriles is 1. The number of halogens is 1. The fourth-order valence-electron chi connectivity index (χ4n) is 1.05. The van der Waals surface area contributed by atoms with Gasteiger partial charge in [-0.1, -0.05) is 12.2 Å². The summed E-state index contributed by atoms with van der Waals surface area (Å²) in [5, 5.41) is 18.7. The zero-order valence-electron chi connectivity index (χ0n) is 7.68. The van der Waals surface area contributed by atoms with Gasteiger partial charge in [-0.3, -0.25) is 10.1 Å². The van der Waals surface area contributed by atoms with E-state index in [-0.39, 0.29) is 12.1 Å². The van der Waals surface area contributed by atoms with Gasteiger partial charge in [-0.25, -0.2) is 4.39 Å². The number of allylic oxidation sites excluding steroid dienone is 1. The Balaban J connectivity index is 3.00. The van der Waals surface area contributed by atoms with E-state index < -0.39 is 10.7 Å². The quantitative estimate of drug-likeness (QED) is 0.564. The Morgan fingerprint density at radius 3 is 2.87 bits per heavy atom. The lowest BCUT2D eigenvalue weighted by Gasteiger charge is -1.95. The highest BCUT2D eigenvalue weighted by Crippen LogP contribution is 2.17. The molecule has 0 aliphatic carbocycles. The molecular weight excluding hydrogens is 199 g/mol. The number of non-ortho nitro benzene ring substituents is 1. The van der Waals surface area contributed by atoms with Crippen molar-refractivity contribution < 1.29 is 9.31 Å². The van der Waals surface area contributed by atoms with E-state index in [1.165, 1.54) is 24.3 Å². The van der Waals surface area contributed by atoms with E-state index in [4.69, 9.17) is 5.26 Å². The first-order valence-electron chi connectivity index (χ1n) is 4.12. The summed E-state index contributed by atoms with van der Waals surface area (Å²) in [5.74, 6) is -0.666. The Morgan fingerprint density at radius 1 is 1.53 bits per heavy atom. The molecule has 76 valence electrons. The van der Waals surface area contributed by atoms with Gasteiger partial charge in [0, 0.05) is 6.07 Å². The van der Waals surface area contributed by atoms with E-state index in [0.29, 0.717) is 5.56 Å². The van der Waals surface area contributed by atoms with Gasteiger partial charge in [0.1, 0.15) is 5.82 Å². The Hall–Kier alpha value is -2.22. The fourth-order valence-corrected chi connectivity index (χ4v) is 1.05. The van der Waals surface area contributed by atoms with Gasteiger partial charge < -0.3 is 0 Å². The molecule has 0 radical (unpaired) electrons. The van der Waals surface area contributed by atoms with E-state index in [2.05, 4.69) is 0 Å². The summed E-state index contributed by atoms with van der Waals surface area (Å²) in [6.07, 6.45) is 3.17. The number of hydrogen-bond donors (Lipinski definition) is 0. The molecule has 0 aromatic heterocycles. The molecule has 0 saturated heterocycles. The minimum absolute atomic E-state index is 0.185. The van der Waals surface area contributed by atoms with E-state index in [0.717, 1.165) is 6.07 Å². The summed E-state index contributed by atoms with van der Waals surface area (Å²) >= 11 is 0. The first kappa shape index (κ1) is 10.9. The van der Waals surface area contributed by atoms with Crippen molar-refractivity contribution in [3.05, 3.63) is 45.8 Å². The van der Waals surface area contributed by atoms with Gasteiger partial charge in [0.05, 0.1) is 23.5 Å². The summed E-state index contributed by atoms with van der Waals surface area (Å²) in [7, 11) is 0. The topological polar surface area (TPSA) is 66.9 Å². The van der Waals surface area contributed by atoms with Crippen LogP contribution in [0.1, 0.15) is 12.0 Å². The summed E-state index contributed by atoms with van der Waals surface area (Å²) in [6.45, 7) is 0. The van der Waals surface area contributed by atoms with Gasteiger partial charge >= 0.3 is 0 Å². The van der Waals surface area contributed by atoms with Crippen molar-refractivity contribution in [2.75, 3.05) is 0 Å². The first-order chi connectivity index (χ1) is 7.13. The molecule has 0 heterocycles. The van der Waals surface area contributed by atoms with Gasteiger partial charge in [0.2, 0.25) is 0 Å². The van der Waals surface area contributed by atoms with Gasteiger partial charge in [-0.15, -0.1) is 0 Å². The molecule has 0 saturated carbocycles. The van der Waals surface area contributed by atoms with Crippen LogP contribution >= 0.6 is 0 Å². The molecule has 1 rings (SSSR count). The van der Waals surface area contributed by atoms with Crippen LogP contribution in [-0.4, -0.2) is 4.92 Å². The van der Waals surface area contributed by atoms with Crippen LogP contribution in [0.15, 0.2) is 24.3 Å². The highest BCUT2D eigenvalue weighted by Gasteiger charge is 2.07. The van der Waals surface area contributed by atoms with Crippen LogP contribution in [0.2, 0.25) is 0 Å². The third-order valence-electron chi connectivity index (χ3n) is 1.64. The zero-order valence-corrected chi connectivity index (χ0v) is 7.68. The molecule has 4 nitrogen and oxygen atoms in total. The van der Waals surface area contributed by atoms with Crippen LogP contribution < -0.4 is 0 Å². The second-order valence-electron chi connectivity index (χ2n) is 2.76. The average Bonchev–Trinajstić information content (AvgIpc) is 2.17. The second-order valence-corrected chi connectivity index (χ2v) is 2.76. The molecule has 0 aliphatic rings. The molecule has 0 fully saturated rings. The molecule has 1 aromatic rings. The van der Waals surface area contributed by atoms with Crippen molar-refractivity contribution in [3.63, 3.8) is 0 Å². The molecule has 15 heavy (non-hydrogen) atoms. The second kappa shape index (κ2) is 4.86. The SMILES string of the molecule is N#CCC=Cc1cc(F)cc([N+](=O)[O-])c1. The third-order valence-corrected chi connectivity index (χ3v) is 1.64. The van der Waals surface area contributed by atoms with Crippen molar-refractivity contribution in [1.29, 1.82) is 5.26 Å². The van der Waals surface area contributed by atoms with Gasteiger partial charge in [-0.2, -0.15) is 5.26 Å². The van der Waals surface area contributed by atoms with E-state index >= 15 is 0 Å². The molecule has 5 heteroatoms. The summed E-state index contributed by atoms with van der Waals surface area (Å²) < 4.78 is 12.9. The summed E-state index contributed by atoms with van der Waals surface area (Å²) in [6, 6.07) is 5.14. The predicted octanol–water partition coefficient (Wildman–Crippen LogP) is 2.66. The van der Waals surface area contributed by atoms with Crippen LogP contribution in [-0.2, 0) is 0 Å². The van der Waals surface area contributed by atoms with Crippen LogP contribution in [0.5, 0.6) is 0 Å². The lowest BCUT2D eigenvalue weighted by molar-refractivity contribution is -0.385. The molecule has 0 spiro atoms. The number of rotatable bonds is 3. The lowest BCUT2D eigenvalue weighted by atomic mass is 10.1. The predicted molar refractivity (Wildman–Crippen MR) is 52.3 cm³/mol. The highest BCUT2D eigenvalue weighted by atomic mass is 19.1. The van der Waals surface area contributed by atoms with Crippen LogP contribution in [0, 0.1) is 27.3 Å². The van der Waals surface area contributed by atoms with Crippen molar-refractivity contribution >= 4 is 11.8 Å². The molecule has 0 aliphatic heterocycles. The summed E-state index contributed by atoms with van der Waals surface area (Å²) in [4.78, 5) is 9.74. The fraction of sp³-hybridized carbons (Fsp3) is 0.100. The molecule has 0 bridgehead atoms. The number of nitrogens with zero attached hydrogens (tertiary/aromatic N) is 2. The molecule has 0 unspecified atom stereocenters. The Bertz CT molecular complexity index is 449. The zero-order chi connectivity index (χ0) is 11.3. The molecule has 0 amide bonds. The smallest absolute Gasteiger partial charge is 0.258 e. The largest absolute Gasteiger partial charge is 0.272 e. The molecule has 1 aromatic carbocycles. The van der Waals surface area contributed by atoms with Crippen molar-refractivity contribution in [3.8, 4) is 6.07 Å². The van der Waals surface area contributed by atoms with E-state index in [9.17, 15) is 14.5 Å². The Kier molecular flexibility index (Phi) is 3.52. The maximum Gasteiger partial charge on any atom is 0.272 e. The van der Waals surface area contributed by atoms with Crippen molar-refractivity contribution in [2.45, 2.75) is 6.42 Å². The number of hydrogen-bond acceptors (Lipinski definition) is 3. The Morgan fingerprint density at radius 2 is 2.27 bits per heavy atom. The standard InChI is InChI=1S/C10H7FN2O2/c11-9-5-8(3-1-2-4-12)6-10(7-9)13(14)15/h1,3,5-7H,2H2. The maximum atomic E-state index is 12.9. The van der Waals surface area contributed by atoms with E-state index in [1.54, 1.807) is 0 Å². The van der Waals surface area contributed by atoms with Crippen LogP contribution in [0.25, 0.3) is 6.08 Å². The number of benzene rings is 1.